The van der Waals surface area contributed by atoms with E-state index >= 15 is 0 Å². The maximum Gasteiger partial charge on any atom is 0.258 e. The summed E-state index contributed by atoms with van der Waals surface area (Å²) in [5.41, 5.74) is 4.65. The third-order valence-corrected chi connectivity index (χ3v) is 7.94. The molecule has 8 nitrogen and oxygen atoms in total. The van der Waals surface area contributed by atoms with Crippen LogP contribution in [0.25, 0.3) is 10.9 Å². The highest BCUT2D eigenvalue weighted by Gasteiger charge is 2.30. The molecule has 1 saturated carbocycles. The van der Waals surface area contributed by atoms with Gasteiger partial charge in [-0.1, -0.05) is 18.9 Å². The Kier molecular flexibility index (Phi) is 5.48. The second-order valence-corrected chi connectivity index (χ2v) is 10.2. The van der Waals surface area contributed by atoms with Crippen LogP contribution in [0.3, 0.4) is 0 Å². The number of phenols is 1. The summed E-state index contributed by atoms with van der Waals surface area (Å²) in [7, 11) is 2.15. The lowest BCUT2D eigenvalue weighted by molar-refractivity contribution is 0.0748. The fourth-order valence-electron chi connectivity index (χ4n) is 5.75. The van der Waals surface area contributed by atoms with E-state index in [1.165, 1.54) is 11.8 Å². The zero-order valence-electron chi connectivity index (χ0n) is 20.1. The van der Waals surface area contributed by atoms with E-state index in [4.69, 9.17) is 0 Å². The fourth-order valence-corrected chi connectivity index (χ4v) is 5.75. The predicted molar refractivity (Wildman–Crippen MR) is 134 cm³/mol. The predicted octanol–water partition coefficient (Wildman–Crippen LogP) is 3.55. The van der Waals surface area contributed by atoms with E-state index in [-0.39, 0.29) is 28.9 Å². The molecule has 0 spiro atoms. The number of benzene rings is 2. The van der Waals surface area contributed by atoms with Crippen LogP contribution in [0.2, 0.25) is 0 Å². The molecule has 3 aliphatic rings. The Balaban J connectivity index is 1.24. The van der Waals surface area contributed by atoms with Gasteiger partial charge in [0.05, 0.1) is 11.1 Å². The number of aromatic amines is 1. The first-order valence-electron chi connectivity index (χ1n) is 12.6. The number of carbonyl (C=O) groups is 2. The average molecular weight is 474 g/mol. The Bertz CT molecular complexity index is 1300. The van der Waals surface area contributed by atoms with Crippen LogP contribution in [0.15, 0.2) is 30.3 Å². The van der Waals surface area contributed by atoms with Gasteiger partial charge in [0, 0.05) is 62.3 Å². The van der Waals surface area contributed by atoms with E-state index in [0.29, 0.717) is 29.7 Å². The number of hydrogen-bond acceptors (Lipinski definition) is 6. The average Bonchev–Trinajstić information content (AvgIpc) is 3.62. The summed E-state index contributed by atoms with van der Waals surface area (Å²) in [5, 5.41) is 18.4. The number of piperazine rings is 1. The highest BCUT2D eigenvalue weighted by Crippen LogP contribution is 2.34. The van der Waals surface area contributed by atoms with Crippen molar-refractivity contribution in [1.82, 2.24) is 20.0 Å². The van der Waals surface area contributed by atoms with Crippen molar-refractivity contribution in [2.75, 3.05) is 38.1 Å². The van der Waals surface area contributed by atoms with Crippen LogP contribution in [-0.2, 0) is 13.1 Å². The summed E-state index contributed by atoms with van der Waals surface area (Å²) in [5.74, 6) is -0.304. The number of H-pyrrole nitrogens is 1. The molecule has 1 aliphatic carbocycles. The van der Waals surface area contributed by atoms with Crippen LogP contribution in [0.5, 0.6) is 5.75 Å². The number of nitrogens with zero attached hydrogens (tertiary/aromatic N) is 4. The van der Waals surface area contributed by atoms with Crippen LogP contribution in [0.1, 0.15) is 57.7 Å². The molecule has 35 heavy (non-hydrogen) atoms. The van der Waals surface area contributed by atoms with Gasteiger partial charge in [0.15, 0.2) is 5.78 Å². The standard InChI is InChI=1S/C27H31N5O3/c1-30-8-10-31(11-9-30)20-7-6-18-15-32(16-19(18)12-20)27(35)22-13-21-23(14-24(22)33)28-29-25(21)26(34)17-4-2-3-5-17/h6-7,12-14,17,33H,2-5,8-11,15-16H2,1H3,(H,28,29). The first kappa shape index (κ1) is 22.1. The van der Waals surface area contributed by atoms with Gasteiger partial charge in [-0.15, -0.1) is 0 Å². The number of aromatic hydroxyl groups is 1. The van der Waals surface area contributed by atoms with Gasteiger partial charge >= 0.3 is 0 Å². The molecule has 2 aliphatic heterocycles. The normalized spacial score (nSPS) is 19.0. The Morgan fingerprint density at radius 2 is 1.74 bits per heavy atom. The molecule has 2 N–H and O–H groups in total. The molecule has 3 aromatic rings. The lowest BCUT2D eigenvalue weighted by Gasteiger charge is -2.34. The molecule has 1 saturated heterocycles. The number of anilines is 1. The van der Waals surface area contributed by atoms with Crippen molar-refractivity contribution in [1.29, 1.82) is 0 Å². The molecule has 2 aromatic carbocycles. The molecule has 3 heterocycles. The van der Waals surface area contributed by atoms with Crippen molar-refractivity contribution < 1.29 is 14.7 Å². The molecule has 1 aromatic heterocycles. The number of rotatable bonds is 4. The number of ketones is 1. The molecular formula is C27H31N5O3. The zero-order valence-corrected chi connectivity index (χ0v) is 20.1. The van der Waals surface area contributed by atoms with Crippen molar-refractivity contribution in [2.45, 2.75) is 38.8 Å². The van der Waals surface area contributed by atoms with Gasteiger partial charge in [-0.3, -0.25) is 14.7 Å². The number of fused-ring (bicyclic) bond motifs is 2. The number of nitrogens with one attached hydrogen (secondary N) is 1. The van der Waals surface area contributed by atoms with Gasteiger partial charge < -0.3 is 19.8 Å². The first-order valence-corrected chi connectivity index (χ1v) is 12.6. The zero-order chi connectivity index (χ0) is 24.1. The van der Waals surface area contributed by atoms with Crippen LogP contribution in [-0.4, -0.2) is 70.0 Å². The summed E-state index contributed by atoms with van der Waals surface area (Å²) in [6, 6.07) is 9.61. The Morgan fingerprint density at radius 1 is 1.00 bits per heavy atom. The summed E-state index contributed by atoms with van der Waals surface area (Å²) in [6.45, 7) is 5.10. The maximum absolute atomic E-state index is 13.5. The molecule has 2 fully saturated rings. The summed E-state index contributed by atoms with van der Waals surface area (Å²) >= 11 is 0. The Morgan fingerprint density at radius 3 is 2.51 bits per heavy atom. The van der Waals surface area contributed by atoms with Gasteiger partial charge in [-0.25, -0.2) is 0 Å². The Labute approximate surface area is 204 Å². The molecule has 8 heteroatoms. The fraction of sp³-hybridized carbons (Fsp3) is 0.444. The molecule has 1 amide bonds. The van der Waals surface area contributed by atoms with Crippen molar-refractivity contribution in [3.8, 4) is 5.75 Å². The van der Waals surface area contributed by atoms with Crippen LogP contribution in [0.4, 0.5) is 5.69 Å². The van der Waals surface area contributed by atoms with Crippen LogP contribution >= 0.6 is 0 Å². The Hall–Kier alpha value is -3.39. The largest absolute Gasteiger partial charge is 0.507 e. The van der Waals surface area contributed by atoms with Crippen LogP contribution < -0.4 is 4.90 Å². The number of aromatic nitrogens is 2. The van der Waals surface area contributed by atoms with E-state index in [9.17, 15) is 14.7 Å². The molecule has 182 valence electrons. The van der Waals surface area contributed by atoms with Gasteiger partial charge in [0.2, 0.25) is 0 Å². The quantitative estimate of drug-likeness (QED) is 0.563. The lowest BCUT2D eigenvalue weighted by Crippen LogP contribution is -2.44. The molecular weight excluding hydrogens is 442 g/mol. The maximum atomic E-state index is 13.5. The number of likely N-dealkylation sites (N-methyl/N-ethyl adjacent to an activating group) is 1. The monoisotopic (exact) mass is 473 g/mol. The van der Waals surface area contributed by atoms with E-state index in [2.05, 4.69) is 45.2 Å². The number of phenolic OH excluding ortho intramolecular Hbond substituents is 1. The summed E-state index contributed by atoms with van der Waals surface area (Å²) in [4.78, 5) is 33.0. The third kappa shape index (κ3) is 3.95. The highest BCUT2D eigenvalue weighted by molar-refractivity contribution is 6.10. The van der Waals surface area contributed by atoms with Crippen molar-refractivity contribution in [3.63, 3.8) is 0 Å². The second-order valence-electron chi connectivity index (χ2n) is 10.2. The van der Waals surface area contributed by atoms with E-state index in [0.717, 1.165) is 63.0 Å². The number of carbonyl (C=O) groups excluding carboxylic acids is 2. The SMILES string of the molecule is CN1CCN(c2ccc3c(c2)CN(C(=O)c2cc4c(C(=O)C5CCCC5)n[nH]c4cc2O)C3)CC1. The smallest absolute Gasteiger partial charge is 0.258 e. The van der Waals surface area contributed by atoms with Gasteiger partial charge in [0.1, 0.15) is 11.4 Å². The minimum absolute atomic E-state index is 0.00275. The van der Waals surface area contributed by atoms with Crippen molar-refractivity contribution in [2.24, 2.45) is 5.92 Å². The lowest BCUT2D eigenvalue weighted by atomic mass is 9.97. The summed E-state index contributed by atoms with van der Waals surface area (Å²) < 4.78 is 0. The second kappa shape index (κ2) is 8.68. The van der Waals surface area contributed by atoms with Crippen LogP contribution in [0, 0.1) is 5.92 Å². The first-order chi connectivity index (χ1) is 17.0. The number of amides is 1. The van der Waals surface area contributed by atoms with E-state index < -0.39 is 0 Å². The minimum Gasteiger partial charge on any atom is -0.507 e. The molecule has 0 radical (unpaired) electrons. The third-order valence-electron chi connectivity index (χ3n) is 7.94. The molecule has 0 bridgehead atoms. The van der Waals surface area contributed by atoms with Crippen molar-refractivity contribution >= 4 is 28.3 Å². The van der Waals surface area contributed by atoms with E-state index in [1.54, 1.807) is 11.0 Å². The minimum atomic E-state index is -0.234. The van der Waals surface area contributed by atoms with E-state index in [1.807, 2.05) is 0 Å². The van der Waals surface area contributed by atoms with Crippen molar-refractivity contribution in [3.05, 3.63) is 52.7 Å². The molecule has 0 unspecified atom stereocenters. The van der Waals surface area contributed by atoms with Gasteiger partial charge in [-0.05, 0) is 49.2 Å². The molecule has 0 atom stereocenters. The molecule has 6 rings (SSSR count). The number of hydrogen-bond donors (Lipinski definition) is 2. The topological polar surface area (TPSA) is 92.8 Å². The number of Topliss-reactive ketones (excluding diaryl/α,β-unsaturated/α-hetero) is 1. The van der Waals surface area contributed by atoms with Gasteiger partial charge in [0.25, 0.3) is 5.91 Å². The highest BCUT2D eigenvalue weighted by atomic mass is 16.3. The van der Waals surface area contributed by atoms with Gasteiger partial charge in [-0.2, -0.15) is 5.10 Å². The summed E-state index contributed by atoms with van der Waals surface area (Å²) in [6.07, 6.45) is 3.91.